The first-order valence-electron chi connectivity index (χ1n) is 5.18. The van der Waals surface area contributed by atoms with Gasteiger partial charge in [-0.25, -0.2) is 0 Å². The van der Waals surface area contributed by atoms with Crippen molar-refractivity contribution in [3.8, 4) is 0 Å². The van der Waals surface area contributed by atoms with Crippen molar-refractivity contribution >= 4 is 39.0 Å². The van der Waals surface area contributed by atoms with Crippen LogP contribution in [0.4, 0.5) is 5.82 Å². The molecule has 0 fully saturated rings. The maximum Gasteiger partial charge on any atom is 0.266 e. The molecule has 2 heterocycles. The third-order valence-electron chi connectivity index (χ3n) is 2.26. The Labute approximate surface area is 112 Å². The second-order valence-electron chi connectivity index (χ2n) is 3.92. The number of nitrogens with one attached hydrogen (secondary N) is 2. The minimum absolute atomic E-state index is 0.137. The molecule has 0 spiro atoms. The molecular weight excluding hydrogens is 302 g/mol. The Balaban J connectivity index is 2.07. The molecule has 0 saturated heterocycles. The van der Waals surface area contributed by atoms with Gasteiger partial charge in [-0.3, -0.25) is 9.89 Å². The zero-order valence-electron chi connectivity index (χ0n) is 9.45. The van der Waals surface area contributed by atoms with Gasteiger partial charge in [0, 0.05) is 11.8 Å². The maximum atomic E-state index is 11.8. The third kappa shape index (κ3) is 2.95. The number of hydrogen-bond acceptors (Lipinski definition) is 3. The van der Waals surface area contributed by atoms with Crippen molar-refractivity contribution in [3.05, 3.63) is 32.6 Å². The maximum absolute atomic E-state index is 11.8. The average molecular weight is 314 g/mol. The molecular formula is C11H12BrN3OS. The van der Waals surface area contributed by atoms with Crippen molar-refractivity contribution in [2.75, 3.05) is 5.32 Å². The van der Waals surface area contributed by atoms with E-state index in [0.29, 0.717) is 16.6 Å². The SMILES string of the molecule is CC(C)c1cc(NC(=O)c2ccc(Br)s2)n[nH]1. The summed E-state index contributed by atoms with van der Waals surface area (Å²) in [5.41, 5.74) is 1.01. The lowest BCUT2D eigenvalue weighted by Crippen LogP contribution is -2.10. The van der Waals surface area contributed by atoms with Crippen molar-refractivity contribution in [1.29, 1.82) is 0 Å². The number of aromatic nitrogens is 2. The summed E-state index contributed by atoms with van der Waals surface area (Å²) in [5.74, 6) is 0.787. The fraction of sp³-hybridized carbons (Fsp3) is 0.273. The molecule has 6 heteroatoms. The Morgan fingerprint density at radius 3 is 2.82 bits per heavy atom. The first-order valence-corrected chi connectivity index (χ1v) is 6.79. The van der Waals surface area contributed by atoms with E-state index in [9.17, 15) is 4.79 Å². The molecule has 2 aromatic heterocycles. The van der Waals surface area contributed by atoms with Crippen molar-refractivity contribution in [1.82, 2.24) is 10.2 Å². The fourth-order valence-electron chi connectivity index (χ4n) is 1.31. The van der Waals surface area contributed by atoms with Gasteiger partial charge in [0.2, 0.25) is 0 Å². The quantitative estimate of drug-likeness (QED) is 0.909. The fourth-order valence-corrected chi connectivity index (χ4v) is 2.59. The first kappa shape index (κ1) is 12.3. The molecule has 0 saturated carbocycles. The first-order chi connectivity index (χ1) is 8.06. The lowest BCUT2D eigenvalue weighted by molar-refractivity contribution is 0.103. The second kappa shape index (κ2) is 5.01. The third-order valence-corrected chi connectivity index (χ3v) is 3.88. The molecule has 0 aliphatic rings. The minimum atomic E-state index is -0.137. The number of halogens is 1. The summed E-state index contributed by atoms with van der Waals surface area (Å²) in [5, 5.41) is 9.70. The molecule has 0 aromatic carbocycles. The summed E-state index contributed by atoms with van der Waals surface area (Å²) in [7, 11) is 0. The zero-order valence-corrected chi connectivity index (χ0v) is 11.9. The molecule has 4 nitrogen and oxygen atoms in total. The predicted molar refractivity (Wildman–Crippen MR) is 72.6 cm³/mol. The zero-order chi connectivity index (χ0) is 12.4. The number of carbonyl (C=O) groups is 1. The van der Waals surface area contributed by atoms with Crippen molar-refractivity contribution in [2.45, 2.75) is 19.8 Å². The predicted octanol–water partition coefficient (Wildman–Crippen LogP) is 3.61. The van der Waals surface area contributed by atoms with Crippen LogP contribution >= 0.6 is 27.3 Å². The highest BCUT2D eigenvalue weighted by Crippen LogP contribution is 2.23. The summed E-state index contributed by atoms with van der Waals surface area (Å²) in [6.07, 6.45) is 0. The number of H-pyrrole nitrogens is 1. The molecule has 1 amide bonds. The lowest BCUT2D eigenvalue weighted by Gasteiger charge is -1.98. The molecule has 0 radical (unpaired) electrons. The van der Waals surface area contributed by atoms with Crippen molar-refractivity contribution < 1.29 is 4.79 Å². The smallest absolute Gasteiger partial charge is 0.266 e. The number of rotatable bonds is 3. The van der Waals surface area contributed by atoms with Crippen LogP contribution < -0.4 is 5.32 Å². The summed E-state index contributed by atoms with van der Waals surface area (Å²) >= 11 is 4.72. The molecule has 0 unspecified atom stereocenters. The number of anilines is 1. The standard InChI is InChI=1S/C11H12BrN3OS/c1-6(2)7-5-10(15-14-7)13-11(16)8-3-4-9(12)17-8/h3-6H,1-2H3,(H2,13,14,15,16). The van der Waals surface area contributed by atoms with Gasteiger partial charge in [0.05, 0.1) is 8.66 Å². The number of carbonyl (C=O) groups excluding carboxylic acids is 1. The van der Waals surface area contributed by atoms with E-state index in [2.05, 4.69) is 45.3 Å². The largest absolute Gasteiger partial charge is 0.304 e. The summed E-state index contributed by atoms with van der Waals surface area (Å²) < 4.78 is 0.938. The van der Waals surface area contributed by atoms with Crippen LogP contribution in [0.2, 0.25) is 0 Å². The van der Waals surface area contributed by atoms with Gasteiger partial charge < -0.3 is 5.32 Å². The van der Waals surface area contributed by atoms with Crippen LogP contribution in [0, 0.1) is 0 Å². The number of hydrogen-bond donors (Lipinski definition) is 2. The van der Waals surface area contributed by atoms with Gasteiger partial charge in [0.25, 0.3) is 5.91 Å². The van der Waals surface area contributed by atoms with E-state index in [1.807, 2.05) is 12.1 Å². The Morgan fingerprint density at radius 1 is 1.53 bits per heavy atom. The monoisotopic (exact) mass is 313 g/mol. The van der Waals surface area contributed by atoms with Gasteiger partial charge in [-0.1, -0.05) is 13.8 Å². The molecule has 0 aliphatic heterocycles. The van der Waals surface area contributed by atoms with Gasteiger partial charge in [-0.05, 0) is 34.0 Å². The van der Waals surface area contributed by atoms with Crippen LogP contribution in [-0.2, 0) is 0 Å². The Morgan fingerprint density at radius 2 is 2.29 bits per heavy atom. The molecule has 17 heavy (non-hydrogen) atoms. The van der Waals surface area contributed by atoms with Crippen molar-refractivity contribution in [2.24, 2.45) is 0 Å². The van der Waals surface area contributed by atoms with E-state index in [-0.39, 0.29) is 5.91 Å². The summed E-state index contributed by atoms with van der Waals surface area (Å²) in [4.78, 5) is 12.5. The van der Waals surface area contributed by atoms with E-state index in [1.165, 1.54) is 11.3 Å². The number of thiophene rings is 1. The molecule has 2 rings (SSSR count). The Hall–Kier alpha value is -1.14. The highest BCUT2D eigenvalue weighted by Gasteiger charge is 2.11. The van der Waals surface area contributed by atoms with E-state index in [4.69, 9.17) is 0 Å². The van der Waals surface area contributed by atoms with Crippen LogP contribution in [0.1, 0.15) is 35.1 Å². The summed E-state index contributed by atoms with van der Waals surface area (Å²) in [6.45, 7) is 4.13. The number of aromatic amines is 1. The van der Waals surface area contributed by atoms with Crippen molar-refractivity contribution in [3.63, 3.8) is 0 Å². The van der Waals surface area contributed by atoms with E-state index < -0.39 is 0 Å². The lowest BCUT2D eigenvalue weighted by atomic mass is 10.1. The van der Waals surface area contributed by atoms with Crippen LogP contribution in [0.25, 0.3) is 0 Å². The highest BCUT2D eigenvalue weighted by molar-refractivity contribution is 9.11. The topological polar surface area (TPSA) is 57.8 Å². The highest BCUT2D eigenvalue weighted by atomic mass is 79.9. The Bertz CT molecular complexity index is 532. The van der Waals surface area contributed by atoms with Crippen LogP contribution in [0.3, 0.4) is 0 Å². The van der Waals surface area contributed by atoms with Gasteiger partial charge >= 0.3 is 0 Å². The minimum Gasteiger partial charge on any atom is -0.304 e. The molecule has 0 aliphatic carbocycles. The van der Waals surface area contributed by atoms with Gasteiger partial charge in [0.1, 0.15) is 0 Å². The normalized spacial score (nSPS) is 10.8. The molecule has 0 atom stereocenters. The van der Waals surface area contributed by atoms with E-state index >= 15 is 0 Å². The summed E-state index contributed by atoms with van der Waals surface area (Å²) in [6, 6.07) is 5.48. The molecule has 2 aromatic rings. The number of nitrogens with zero attached hydrogens (tertiary/aromatic N) is 1. The Kier molecular flexibility index (Phi) is 3.63. The number of amides is 1. The second-order valence-corrected chi connectivity index (χ2v) is 6.38. The van der Waals surface area contributed by atoms with Gasteiger partial charge in [0.15, 0.2) is 5.82 Å². The molecule has 90 valence electrons. The van der Waals surface area contributed by atoms with Crippen LogP contribution in [0.5, 0.6) is 0 Å². The van der Waals surface area contributed by atoms with E-state index in [1.54, 1.807) is 6.07 Å². The molecule has 0 bridgehead atoms. The average Bonchev–Trinajstić information content (AvgIpc) is 2.86. The van der Waals surface area contributed by atoms with Gasteiger partial charge in [-0.15, -0.1) is 11.3 Å². The van der Waals surface area contributed by atoms with Crippen LogP contribution in [0.15, 0.2) is 22.0 Å². The van der Waals surface area contributed by atoms with Gasteiger partial charge in [-0.2, -0.15) is 5.10 Å². The van der Waals surface area contributed by atoms with E-state index in [0.717, 1.165) is 9.48 Å². The molecule has 2 N–H and O–H groups in total. The van der Waals surface area contributed by atoms with Crippen LogP contribution in [-0.4, -0.2) is 16.1 Å².